The number of nitrogens with one attached hydrogen (secondary N) is 1. The van der Waals surface area contributed by atoms with E-state index >= 15 is 0 Å². The van der Waals surface area contributed by atoms with Gasteiger partial charge in [-0.2, -0.15) is 0 Å². The van der Waals surface area contributed by atoms with Gasteiger partial charge >= 0.3 is 5.97 Å². The number of carbonyl (C=O) groups excluding carboxylic acids is 1. The molecule has 4 heteroatoms. The third-order valence-electron chi connectivity index (χ3n) is 3.46. The average molecular weight is 242 g/mol. The summed E-state index contributed by atoms with van der Waals surface area (Å²) in [7, 11) is 1.97. The fourth-order valence-corrected chi connectivity index (χ4v) is 2.66. The maximum atomic E-state index is 11.9. The number of esters is 1. The molecule has 100 valence electrons. The molecule has 1 rings (SSSR count). The van der Waals surface area contributed by atoms with Crippen LogP contribution in [0.25, 0.3) is 0 Å². The smallest absolute Gasteiger partial charge is 0.323 e. The highest BCUT2D eigenvalue weighted by molar-refractivity contribution is 5.75. The normalized spacial score (nSPS) is 23.4. The molecule has 0 aromatic rings. The number of carbonyl (C=O) groups is 1. The Morgan fingerprint density at radius 1 is 1.47 bits per heavy atom. The van der Waals surface area contributed by atoms with Crippen molar-refractivity contribution >= 4 is 5.97 Å². The minimum Gasteiger partial charge on any atom is -0.465 e. The minimum atomic E-state index is -0.0615. The van der Waals surface area contributed by atoms with Crippen LogP contribution in [0.1, 0.15) is 39.5 Å². The van der Waals surface area contributed by atoms with Crippen molar-refractivity contribution in [2.45, 2.75) is 51.6 Å². The number of rotatable bonds is 6. The first kappa shape index (κ1) is 14.5. The molecular formula is C13H26N2O2. The SMILES string of the molecule is CCOC(=O)C(CC)N1CCCCC1CNC. The summed E-state index contributed by atoms with van der Waals surface area (Å²) in [4.78, 5) is 14.3. The molecule has 1 saturated heterocycles. The van der Waals surface area contributed by atoms with Crippen molar-refractivity contribution in [3.05, 3.63) is 0 Å². The van der Waals surface area contributed by atoms with Crippen molar-refractivity contribution in [3.63, 3.8) is 0 Å². The molecule has 1 fully saturated rings. The molecule has 0 saturated carbocycles. The van der Waals surface area contributed by atoms with E-state index in [4.69, 9.17) is 4.74 Å². The van der Waals surface area contributed by atoms with Gasteiger partial charge in [0.2, 0.25) is 0 Å². The third-order valence-corrected chi connectivity index (χ3v) is 3.46. The molecular weight excluding hydrogens is 216 g/mol. The Bertz CT molecular complexity index is 231. The van der Waals surface area contributed by atoms with Gasteiger partial charge in [0.15, 0.2) is 0 Å². The number of likely N-dealkylation sites (tertiary alicyclic amines) is 1. The molecule has 4 nitrogen and oxygen atoms in total. The van der Waals surface area contributed by atoms with Gasteiger partial charge in [0, 0.05) is 12.6 Å². The van der Waals surface area contributed by atoms with Crippen LogP contribution < -0.4 is 5.32 Å². The van der Waals surface area contributed by atoms with Gasteiger partial charge < -0.3 is 10.1 Å². The van der Waals surface area contributed by atoms with Crippen LogP contribution in [0.2, 0.25) is 0 Å². The van der Waals surface area contributed by atoms with Crippen LogP contribution in [0.5, 0.6) is 0 Å². The first-order chi connectivity index (χ1) is 8.24. The predicted octanol–water partition coefficient (Wildman–Crippen LogP) is 1.40. The van der Waals surface area contributed by atoms with E-state index in [1.54, 1.807) is 0 Å². The molecule has 2 unspecified atom stereocenters. The van der Waals surface area contributed by atoms with Crippen LogP contribution in [0.3, 0.4) is 0 Å². The molecule has 0 aliphatic carbocycles. The summed E-state index contributed by atoms with van der Waals surface area (Å²) >= 11 is 0. The van der Waals surface area contributed by atoms with Crippen molar-refractivity contribution in [1.29, 1.82) is 0 Å². The lowest BCUT2D eigenvalue weighted by Crippen LogP contribution is -2.53. The number of hydrogen-bond donors (Lipinski definition) is 1. The summed E-state index contributed by atoms with van der Waals surface area (Å²) < 4.78 is 5.17. The molecule has 1 aliphatic rings. The fraction of sp³-hybridized carbons (Fsp3) is 0.923. The van der Waals surface area contributed by atoms with Crippen LogP contribution in [0.15, 0.2) is 0 Å². The lowest BCUT2D eigenvalue weighted by molar-refractivity contribution is -0.151. The zero-order chi connectivity index (χ0) is 12.7. The molecule has 0 aromatic carbocycles. The quantitative estimate of drug-likeness (QED) is 0.715. The Kier molecular flexibility index (Phi) is 6.52. The van der Waals surface area contributed by atoms with E-state index in [0.717, 1.165) is 19.5 Å². The second kappa shape index (κ2) is 7.67. The largest absolute Gasteiger partial charge is 0.465 e. The van der Waals surface area contributed by atoms with E-state index in [2.05, 4.69) is 17.1 Å². The highest BCUT2D eigenvalue weighted by Gasteiger charge is 2.32. The van der Waals surface area contributed by atoms with E-state index in [9.17, 15) is 4.79 Å². The minimum absolute atomic E-state index is 0.0574. The zero-order valence-electron chi connectivity index (χ0n) is 11.4. The van der Waals surface area contributed by atoms with E-state index in [1.165, 1.54) is 19.3 Å². The monoisotopic (exact) mass is 242 g/mol. The molecule has 0 aromatic heterocycles. The van der Waals surface area contributed by atoms with Crippen LogP contribution >= 0.6 is 0 Å². The Morgan fingerprint density at radius 3 is 2.82 bits per heavy atom. The second-order valence-corrected chi connectivity index (χ2v) is 4.62. The molecule has 2 atom stereocenters. The zero-order valence-corrected chi connectivity index (χ0v) is 11.4. The van der Waals surface area contributed by atoms with Crippen LogP contribution in [0, 0.1) is 0 Å². The molecule has 0 spiro atoms. The summed E-state index contributed by atoms with van der Waals surface area (Å²) in [6.45, 7) is 6.37. The first-order valence-corrected chi connectivity index (χ1v) is 6.81. The van der Waals surface area contributed by atoms with E-state index < -0.39 is 0 Å². The lowest BCUT2D eigenvalue weighted by atomic mass is 9.98. The summed E-state index contributed by atoms with van der Waals surface area (Å²) in [5, 5.41) is 3.22. The first-order valence-electron chi connectivity index (χ1n) is 6.81. The molecule has 17 heavy (non-hydrogen) atoms. The number of hydrogen-bond acceptors (Lipinski definition) is 4. The maximum Gasteiger partial charge on any atom is 0.323 e. The van der Waals surface area contributed by atoms with Gasteiger partial charge in [0.1, 0.15) is 6.04 Å². The fourth-order valence-electron chi connectivity index (χ4n) is 2.66. The van der Waals surface area contributed by atoms with Crippen LogP contribution in [-0.2, 0) is 9.53 Å². The Morgan fingerprint density at radius 2 is 2.24 bits per heavy atom. The Labute approximate surface area is 105 Å². The molecule has 0 amide bonds. The average Bonchev–Trinajstić information content (AvgIpc) is 2.33. The Hall–Kier alpha value is -0.610. The molecule has 1 N–H and O–H groups in total. The third kappa shape index (κ3) is 3.96. The number of ether oxygens (including phenoxy) is 1. The van der Waals surface area contributed by atoms with E-state index in [0.29, 0.717) is 12.6 Å². The van der Waals surface area contributed by atoms with Crippen LogP contribution in [-0.4, -0.2) is 49.7 Å². The molecule has 1 heterocycles. The van der Waals surface area contributed by atoms with E-state index in [-0.39, 0.29) is 12.0 Å². The number of likely N-dealkylation sites (N-methyl/N-ethyl adjacent to an activating group) is 1. The van der Waals surface area contributed by atoms with Crippen LogP contribution in [0.4, 0.5) is 0 Å². The van der Waals surface area contributed by atoms with Gasteiger partial charge in [-0.3, -0.25) is 9.69 Å². The van der Waals surface area contributed by atoms with Gasteiger partial charge in [0.05, 0.1) is 6.61 Å². The molecule has 0 radical (unpaired) electrons. The van der Waals surface area contributed by atoms with Crippen molar-refractivity contribution in [3.8, 4) is 0 Å². The summed E-state index contributed by atoms with van der Waals surface area (Å²) in [5.74, 6) is -0.0574. The van der Waals surface area contributed by atoms with Crippen molar-refractivity contribution in [1.82, 2.24) is 10.2 Å². The summed E-state index contributed by atoms with van der Waals surface area (Å²) in [6.07, 6.45) is 4.47. The van der Waals surface area contributed by atoms with Crippen molar-refractivity contribution < 1.29 is 9.53 Å². The highest BCUT2D eigenvalue weighted by atomic mass is 16.5. The molecule has 1 aliphatic heterocycles. The van der Waals surface area contributed by atoms with Gasteiger partial charge in [-0.1, -0.05) is 13.3 Å². The number of nitrogens with zero attached hydrogens (tertiary/aromatic N) is 1. The van der Waals surface area contributed by atoms with Gasteiger partial charge in [-0.25, -0.2) is 0 Å². The lowest BCUT2D eigenvalue weighted by Gasteiger charge is -2.39. The second-order valence-electron chi connectivity index (χ2n) is 4.62. The van der Waals surface area contributed by atoms with Crippen molar-refractivity contribution in [2.24, 2.45) is 0 Å². The topological polar surface area (TPSA) is 41.6 Å². The Balaban J connectivity index is 2.66. The summed E-state index contributed by atoms with van der Waals surface area (Å²) in [5.41, 5.74) is 0. The predicted molar refractivity (Wildman–Crippen MR) is 69.0 cm³/mol. The van der Waals surface area contributed by atoms with Gasteiger partial charge in [0.25, 0.3) is 0 Å². The van der Waals surface area contributed by atoms with Crippen molar-refractivity contribution in [2.75, 3.05) is 26.7 Å². The number of piperidine rings is 1. The molecule has 0 bridgehead atoms. The highest BCUT2D eigenvalue weighted by Crippen LogP contribution is 2.21. The van der Waals surface area contributed by atoms with Gasteiger partial charge in [-0.05, 0) is 39.8 Å². The maximum absolute atomic E-state index is 11.9. The standard InChI is InChI=1S/C13H26N2O2/c1-4-12(13(16)17-5-2)15-9-7-6-8-11(15)10-14-3/h11-12,14H,4-10H2,1-3H3. The van der Waals surface area contributed by atoms with Gasteiger partial charge in [-0.15, -0.1) is 0 Å². The van der Waals surface area contributed by atoms with E-state index in [1.807, 2.05) is 14.0 Å². The summed E-state index contributed by atoms with van der Waals surface area (Å²) in [6, 6.07) is 0.414.